The molecule has 0 aromatic heterocycles. The van der Waals surface area contributed by atoms with Crippen LogP contribution in [0.15, 0.2) is 24.3 Å². The van der Waals surface area contributed by atoms with E-state index in [1.54, 1.807) is 12.1 Å². The normalized spacial score (nSPS) is 23.3. The molecule has 0 spiro atoms. The zero-order valence-corrected chi connectivity index (χ0v) is 10.6. The van der Waals surface area contributed by atoms with E-state index in [0.717, 1.165) is 13.0 Å². The first-order valence-corrected chi connectivity index (χ1v) is 6.18. The molecule has 1 fully saturated rings. The van der Waals surface area contributed by atoms with Gasteiger partial charge in [0.1, 0.15) is 0 Å². The molecule has 0 aliphatic carbocycles. The summed E-state index contributed by atoms with van der Waals surface area (Å²) in [6, 6.07) is 5.89. The Bertz CT molecular complexity index is 423. The minimum Gasteiger partial charge on any atom is -0.311 e. The second kappa shape index (κ2) is 4.57. The Morgan fingerprint density at radius 3 is 2.50 bits per heavy atom. The summed E-state index contributed by atoms with van der Waals surface area (Å²) in [4.78, 5) is 0. The Morgan fingerprint density at radius 2 is 1.94 bits per heavy atom. The Kier molecular flexibility index (Phi) is 3.41. The van der Waals surface area contributed by atoms with E-state index in [1.165, 1.54) is 12.1 Å². The Morgan fingerprint density at radius 1 is 1.28 bits per heavy atom. The third-order valence-electron chi connectivity index (χ3n) is 3.50. The van der Waals surface area contributed by atoms with Crippen molar-refractivity contribution in [1.29, 1.82) is 0 Å². The number of hydrogen-bond acceptors (Lipinski definition) is 1. The average molecular weight is 257 g/mol. The molecule has 1 nitrogen and oxygen atoms in total. The van der Waals surface area contributed by atoms with Gasteiger partial charge in [-0.1, -0.05) is 18.2 Å². The monoisotopic (exact) mass is 257 g/mol. The number of alkyl halides is 3. The number of benzene rings is 1. The quantitative estimate of drug-likeness (QED) is 0.853. The van der Waals surface area contributed by atoms with Crippen LogP contribution < -0.4 is 5.32 Å². The summed E-state index contributed by atoms with van der Waals surface area (Å²) in [7, 11) is 0. The average Bonchev–Trinajstić information content (AvgIpc) is 2.57. The lowest BCUT2D eigenvalue weighted by atomic mass is 9.90. The van der Waals surface area contributed by atoms with Crippen LogP contribution in [-0.2, 0) is 12.6 Å². The van der Waals surface area contributed by atoms with Gasteiger partial charge in [-0.15, -0.1) is 0 Å². The molecule has 0 bridgehead atoms. The summed E-state index contributed by atoms with van der Waals surface area (Å²) in [5.41, 5.74) is -0.0399. The zero-order valence-electron chi connectivity index (χ0n) is 10.6. The van der Waals surface area contributed by atoms with E-state index in [0.29, 0.717) is 12.0 Å². The van der Waals surface area contributed by atoms with E-state index < -0.39 is 11.7 Å². The number of rotatable bonds is 2. The van der Waals surface area contributed by atoms with Crippen LogP contribution in [0, 0.1) is 5.92 Å². The van der Waals surface area contributed by atoms with Gasteiger partial charge in [0, 0.05) is 5.54 Å². The summed E-state index contributed by atoms with van der Waals surface area (Å²) in [5.74, 6) is 0.281. The van der Waals surface area contributed by atoms with Crippen molar-refractivity contribution >= 4 is 0 Å². The molecule has 1 aromatic carbocycles. The van der Waals surface area contributed by atoms with Crippen LogP contribution in [0.25, 0.3) is 0 Å². The van der Waals surface area contributed by atoms with Crippen LogP contribution in [0.4, 0.5) is 13.2 Å². The van der Waals surface area contributed by atoms with Gasteiger partial charge in [0.25, 0.3) is 0 Å². The lowest BCUT2D eigenvalue weighted by Crippen LogP contribution is -2.31. The third-order valence-corrected chi connectivity index (χ3v) is 3.50. The highest BCUT2D eigenvalue weighted by atomic mass is 19.4. The van der Waals surface area contributed by atoms with E-state index in [2.05, 4.69) is 19.2 Å². The van der Waals surface area contributed by atoms with Gasteiger partial charge in [0.15, 0.2) is 0 Å². The van der Waals surface area contributed by atoms with Crippen LogP contribution >= 0.6 is 0 Å². The molecule has 1 unspecified atom stereocenters. The second-order valence-electron chi connectivity index (χ2n) is 5.69. The highest BCUT2D eigenvalue weighted by Crippen LogP contribution is 2.34. The van der Waals surface area contributed by atoms with E-state index in [9.17, 15) is 13.2 Å². The molecule has 0 amide bonds. The second-order valence-corrected chi connectivity index (χ2v) is 5.69. The SMILES string of the molecule is CC1(C)CC(Cc2ccccc2C(F)(F)F)CN1. The van der Waals surface area contributed by atoms with Crippen LogP contribution in [-0.4, -0.2) is 12.1 Å². The van der Waals surface area contributed by atoms with Gasteiger partial charge >= 0.3 is 6.18 Å². The Hall–Kier alpha value is -1.03. The van der Waals surface area contributed by atoms with E-state index >= 15 is 0 Å². The van der Waals surface area contributed by atoms with Crippen molar-refractivity contribution in [3.63, 3.8) is 0 Å². The molecule has 1 N–H and O–H groups in total. The van der Waals surface area contributed by atoms with Crippen molar-refractivity contribution in [1.82, 2.24) is 5.32 Å². The smallest absolute Gasteiger partial charge is 0.311 e. The molecule has 4 heteroatoms. The zero-order chi connectivity index (χ0) is 13.4. The van der Waals surface area contributed by atoms with Crippen LogP contribution in [0.2, 0.25) is 0 Å². The van der Waals surface area contributed by atoms with Crippen molar-refractivity contribution in [2.45, 2.75) is 38.4 Å². The number of halogens is 3. The van der Waals surface area contributed by atoms with E-state index in [4.69, 9.17) is 0 Å². The molecule has 1 aliphatic rings. The predicted octanol–water partition coefficient (Wildman–Crippen LogP) is 3.64. The summed E-state index contributed by atoms with van der Waals surface area (Å²) >= 11 is 0. The maximum atomic E-state index is 12.9. The van der Waals surface area contributed by atoms with Gasteiger partial charge < -0.3 is 5.32 Å². The van der Waals surface area contributed by atoms with Gasteiger partial charge in [0.2, 0.25) is 0 Å². The number of hydrogen-bond donors (Lipinski definition) is 1. The van der Waals surface area contributed by atoms with Gasteiger partial charge in [0.05, 0.1) is 5.56 Å². The minimum atomic E-state index is -4.25. The topological polar surface area (TPSA) is 12.0 Å². The largest absolute Gasteiger partial charge is 0.416 e. The Balaban J connectivity index is 2.15. The van der Waals surface area contributed by atoms with Crippen molar-refractivity contribution in [3.8, 4) is 0 Å². The van der Waals surface area contributed by atoms with E-state index in [-0.39, 0.29) is 11.5 Å². The first kappa shape index (κ1) is 13.4. The van der Waals surface area contributed by atoms with Crippen molar-refractivity contribution in [2.75, 3.05) is 6.54 Å². The molecule has 0 saturated carbocycles. The minimum absolute atomic E-state index is 0.0395. The Labute approximate surface area is 105 Å². The lowest BCUT2D eigenvalue weighted by molar-refractivity contribution is -0.138. The highest BCUT2D eigenvalue weighted by molar-refractivity contribution is 5.30. The first-order chi connectivity index (χ1) is 8.28. The summed E-state index contributed by atoms with van der Waals surface area (Å²) in [5, 5.41) is 3.34. The molecule has 0 radical (unpaired) electrons. The molecule has 1 aliphatic heterocycles. The molecule has 1 heterocycles. The predicted molar refractivity (Wildman–Crippen MR) is 65.3 cm³/mol. The van der Waals surface area contributed by atoms with Gasteiger partial charge in [-0.2, -0.15) is 13.2 Å². The molecule has 1 atom stereocenters. The van der Waals surface area contributed by atoms with Crippen molar-refractivity contribution in [2.24, 2.45) is 5.92 Å². The molecular weight excluding hydrogens is 239 g/mol. The van der Waals surface area contributed by atoms with Gasteiger partial charge in [-0.25, -0.2) is 0 Å². The highest BCUT2D eigenvalue weighted by Gasteiger charge is 2.35. The third kappa shape index (κ3) is 3.05. The van der Waals surface area contributed by atoms with Gasteiger partial charge in [-0.3, -0.25) is 0 Å². The fourth-order valence-electron chi connectivity index (χ4n) is 2.72. The summed E-state index contributed by atoms with van der Waals surface area (Å²) < 4.78 is 38.6. The van der Waals surface area contributed by atoms with Crippen molar-refractivity contribution < 1.29 is 13.2 Å². The number of nitrogens with one attached hydrogen (secondary N) is 1. The van der Waals surface area contributed by atoms with Crippen LogP contribution in [0.1, 0.15) is 31.4 Å². The van der Waals surface area contributed by atoms with E-state index in [1.807, 2.05) is 0 Å². The molecule has 18 heavy (non-hydrogen) atoms. The summed E-state index contributed by atoms with van der Waals surface area (Å²) in [6.45, 7) is 4.96. The van der Waals surface area contributed by atoms with Crippen molar-refractivity contribution in [3.05, 3.63) is 35.4 Å². The molecule has 100 valence electrons. The molecule has 2 rings (SSSR count). The maximum absolute atomic E-state index is 12.9. The molecular formula is C14H18F3N. The maximum Gasteiger partial charge on any atom is 0.416 e. The fourth-order valence-corrected chi connectivity index (χ4v) is 2.72. The fraction of sp³-hybridized carbons (Fsp3) is 0.571. The molecule has 1 saturated heterocycles. The summed E-state index contributed by atoms with van der Waals surface area (Å²) in [6.07, 6.45) is -2.84. The molecule has 1 aromatic rings. The standard InChI is InChI=1S/C14H18F3N/c1-13(2)8-10(9-18-13)7-11-5-3-4-6-12(11)14(15,16)17/h3-6,10,18H,7-9H2,1-2H3. The lowest BCUT2D eigenvalue weighted by Gasteiger charge is -2.18. The van der Waals surface area contributed by atoms with Crippen LogP contribution in [0.5, 0.6) is 0 Å². The van der Waals surface area contributed by atoms with Crippen LogP contribution in [0.3, 0.4) is 0 Å². The van der Waals surface area contributed by atoms with Gasteiger partial charge in [-0.05, 0) is 50.8 Å². The first-order valence-electron chi connectivity index (χ1n) is 6.18.